The summed E-state index contributed by atoms with van der Waals surface area (Å²) in [7, 11) is 0. The first-order chi connectivity index (χ1) is 22.4. The van der Waals surface area contributed by atoms with Crippen LogP contribution < -0.4 is 14.2 Å². The summed E-state index contributed by atoms with van der Waals surface area (Å²) in [6.45, 7) is 9.23. The molecule has 3 aromatic rings. The molecule has 0 heterocycles. The molecule has 2 N–H and O–H groups in total. The second-order valence-corrected chi connectivity index (χ2v) is 10.5. The van der Waals surface area contributed by atoms with Gasteiger partial charge in [-0.1, -0.05) is 82.2 Å². The number of unbranched alkanes of at least 4 members (excludes halogenated alkanes) is 4. The molecule has 0 unspecified atom stereocenters. The van der Waals surface area contributed by atoms with Gasteiger partial charge in [0, 0.05) is 5.56 Å². The number of rotatable bonds is 21. The Hall–Kier alpha value is -4.60. The molecule has 0 saturated carbocycles. The lowest BCUT2D eigenvalue weighted by Crippen LogP contribution is -2.14. The lowest BCUT2D eigenvalue weighted by atomic mass is 9.99. The highest BCUT2D eigenvalue weighted by Gasteiger charge is 2.12. The molecule has 0 aliphatic carbocycles. The van der Waals surface area contributed by atoms with E-state index in [0.29, 0.717) is 18.1 Å². The van der Waals surface area contributed by atoms with Gasteiger partial charge in [0.05, 0.1) is 31.0 Å². The lowest BCUT2D eigenvalue weighted by molar-refractivity contribution is -0.141. The van der Waals surface area contributed by atoms with Gasteiger partial charge < -0.3 is 33.9 Å². The number of carbonyl (C=O) groups excluding carboxylic acids is 2. The molecule has 0 aliphatic rings. The van der Waals surface area contributed by atoms with E-state index < -0.39 is 25.2 Å². The Kier molecular flexibility index (Phi) is 15.4. The van der Waals surface area contributed by atoms with Crippen LogP contribution in [0.1, 0.15) is 39.0 Å². The minimum absolute atomic E-state index is 0.0000674. The summed E-state index contributed by atoms with van der Waals surface area (Å²) in [4.78, 5) is 23.2. The van der Waals surface area contributed by atoms with Crippen LogP contribution in [0.3, 0.4) is 0 Å². The Labute approximate surface area is 271 Å². The van der Waals surface area contributed by atoms with Crippen LogP contribution in [-0.2, 0) is 19.1 Å². The Balaban J connectivity index is 1.66. The summed E-state index contributed by atoms with van der Waals surface area (Å²) in [5.41, 5.74) is 3.91. The van der Waals surface area contributed by atoms with Gasteiger partial charge in [-0.2, -0.15) is 0 Å². The maximum Gasteiger partial charge on any atom is 0.335 e. The molecule has 0 amide bonds. The molecule has 0 bridgehead atoms. The molecule has 9 heteroatoms. The van der Waals surface area contributed by atoms with E-state index in [1.807, 2.05) is 66.7 Å². The number of aliphatic hydroxyl groups excluding tert-OH is 2. The van der Waals surface area contributed by atoms with Crippen molar-refractivity contribution in [3.05, 3.63) is 91.0 Å². The third-order valence-electron chi connectivity index (χ3n) is 6.97. The maximum absolute atomic E-state index is 11.6. The fourth-order valence-corrected chi connectivity index (χ4v) is 4.34. The lowest BCUT2D eigenvalue weighted by Gasteiger charge is -2.15. The van der Waals surface area contributed by atoms with Gasteiger partial charge in [-0.05, 0) is 53.4 Å². The Morgan fingerprint density at radius 1 is 0.587 bits per heavy atom. The standard InChI is InChI=1S/C37H44O9/c1-4-5-6-7-8-19-44-35-24-31(29-9-14-32(15-10-29)42-20-22-45-36(40)27(2)25-38)13-18-34(35)30-11-16-33(17-12-30)43-21-23-46-37(41)28(3)26-39/h9-18,24,38-39H,2-8,19-23,25-26H2,1H3. The predicted molar refractivity (Wildman–Crippen MR) is 177 cm³/mol. The number of ether oxygens (including phenoxy) is 5. The quantitative estimate of drug-likeness (QED) is 0.0791. The van der Waals surface area contributed by atoms with Crippen LogP contribution in [-0.4, -0.2) is 68.4 Å². The number of aliphatic hydroxyl groups is 2. The summed E-state index contributed by atoms with van der Waals surface area (Å²) in [5, 5.41) is 17.9. The topological polar surface area (TPSA) is 121 Å². The summed E-state index contributed by atoms with van der Waals surface area (Å²) >= 11 is 0. The molecule has 0 saturated heterocycles. The molecule has 0 radical (unpaired) electrons. The third-order valence-corrected chi connectivity index (χ3v) is 6.97. The highest BCUT2D eigenvalue weighted by Crippen LogP contribution is 2.36. The zero-order valence-corrected chi connectivity index (χ0v) is 26.5. The SMILES string of the molecule is C=C(CO)C(=O)OCCOc1ccc(-c2ccc(-c3ccc(OCCOC(=O)C(=C)CO)cc3)c(OCCCCCCC)c2)cc1. The van der Waals surface area contributed by atoms with Crippen LogP contribution in [0.2, 0.25) is 0 Å². The van der Waals surface area contributed by atoms with Crippen LogP contribution in [0.5, 0.6) is 17.2 Å². The van der Waals surface area contributed by atoms with E-state index in [1.165, 1.54) is 19.3 Å². The average molecular weight is 633 g/mol. The van der Waals surface area contributed by atoms with Crippen LogP contribution in [0.15, 0.2) is 91.0 Å². The van der Waals surface area contributed by atoms with E-state index in [0.717, 1.165) is 40.8 Å². The van der Waals surface area contributed by atoms with E-state index in [9.17, 15) is 9.59 Å². The van der Waals surface area contributed by atoms with Crippen molar-refractivity contribution in [1.29, 1.82) is 0 Å². The van der Waals surface area contributed by atoms with E-state index in [4.69, 9.17) is 33.9 Å². The number of hydrogen-bond donors (Lipinski definition) is 2. The van der Waals surface area contributed by atoms with Gasteiger partial charge in [-0.3, -0.25) is 0 Å². The van der Waals surface area contributed by atoms with Gasteiger partial charge in [0.1, 0.15) is 43.7 Å². The minimum Gasteiger partial charge on any atom is -0.493 e. The molecule has 0 atom stereocenters. The smallest absolute Gasteiger partial charge is 0.335 e. The van der Waals surface area contributed by atoms with Crippen molar-refractivity contribution in [2.24, 2.45) is 0 Å². The maximum atomic E-state index is 11.6. The highest BCUT2D eigenvalue weighted by atomic mass is 16.6. The molecule has 246 valence electrons. The molecule has 0 spiro atoms. The molecule has 0 fully saturated rings. The summed E-state index contributed by atoms with van der Waals surface area (Å²) in [5.74, 6) is 0.762. The van der Waals surface area contributed by atoms with E-state index >= 15 is 0 Å². The van der Waals surface area contributed by atoms with Crippen molar-refractivity contribution in [2.45, 2.75) is 39.0 Å². The second kappa shape index (κ2) is 19.7. The molecule has 0 aliphatic heterocycles. The van der Waals surface area contributed by atoms with Gasteiger partial charge in [0.15, 0.2) is 0 Å². The van der Waals surface area contributed by atoms with Crippen LogP contribution in [0.4, 0.5) is 0 Å². The van der Waals surface area contributed by atoms with Crippen molar-refractivity contribution < 1.29 is 43.5 Å². The van der Waals surface area contributed by atoms with Crippen molar-refractivity contribution in [3.63, 3.8) is 0 Å². The van der Waals surface area contributed by atoms with Crippen LogP contribution >= 0.6 is 0 Å². The van der Waals surface area contributed by atoms with Crippen molar-refractivity contribution >= 4 is 11.9 Å². The van der Waals surface area contributed by atoms with Gasteiger partial charge in [0.2, 0.25) is 0 Å². The van der Waals surface area contributed by atoms with E-state index in [-0.39, 0.29) is 37.6 Å². The van der Waals surface area contributed by atoms with E-state index in [2.05, 4.69) is 20.1 Å². The second-order valence-electron chi connectivity index (χ2n) is 10.5. The largest absolute Gasteiger partial charge is 0.493 e. The summed E-state index contributed by atoms with van der Waals surface area (Å²) < 4.78 is 27.7. The fraction of sp³-hybridized carbons (Fsp3) is 0.351. The van der Waals surface area contributed by atoms with Crippen molar-refractivity contribution in [3.8, 4) is 39.5 Å². The average Bonchev–Trinajstić information content (AvgIpc) is 3.09. The molecule has 3 rings (SSSR count). The Bertz CT molecular complexity index is 1410. The van der Waals surface area contributed by atoms with Gasteiger partial charge in [-0.15, -0.1) is 0 Å². The number of carbonyl (C=O) groups is 2. The van der Waals surface area contributed by atoms with Crippen molar-refractivity contribution in [2.75, 3.05) is 46.2 Å². The van der Waals surface area contributed by atoms with Gasteiger partial charge >= 0.3 is 11.9 Å². The Morgan fingerprint density at radius 2 is 1.09 bits per heavy atom. The zero-order chi connectivity index (χ0) is 33.1. The minimum atomic E-state index is -0.644. The first kappa shape index (κ1) is 35.9. The van der Waals surface area contributed by atoms with Crippen molar-refractivity contribution in [1.82, 2.24) is 0 Å². The molecular formula is C37H44O9. The monoisotopic (exact) mass is 632 g/mol. The van der Waals surface area contributed by atoms with Crippen LogP contribution in [0, 0.1) is 0 Å². The molecule has 0 aromatic heterocycles. The fourth-order valence-electron chi connectivity index (χ4n) is 4.34. The number of esters is 2. The van der Waals surface area contributed by atoms with E-state index in [1.54, 1.807) is 0 Å². The highest BCUT2D eigenvalue weighted by molar-refractivity contribution is 5.88. The molecule has 9 nitrogen and oxygen atoms in total. The van der Waals surface area contributed by atoms with Crippen LogP contribution in [0.25, 0.3) is 22.3 Å². The first-order valence-electron chi connectivity index (χ1n) is 15.5. The zero-order valence-electron chi connectivity index (χ0n) is 26.5. The number of benzene rings is 3. The first-order valence-corrected chi connectivity index (χ1v) is 15.5. The molecule has 3 aromatic carbocycles. The normalized spacial score (nSPS) is 10.6. The Morgan fingerprint density at radius 3 is 1.61 bits per heavy atom. The molecule has 46 heavy (non-hydrogen) atoms. The summed E-state index contributed by atoms with van der Waals surface area (Å²) in [6.07, 6.45) is 5.70. The predicted octanol–water partition coefficient (Wildman–Crippen LogP) is 6.31. The van der Waals surface area contributed by atoms with Gasteiger partial charge in [0.25, 0.3) is 0 Å². The third kappa shape index (κ3) is 11.7. The summed E-state index contributed by atoms with van der Waals surface area (Å²) in [6, 6.07) is 21.4. The van der Waals surface area contributed by atoms with Gasteiger partial charge in [-0.25, -0.2) is 9.59 Å². The molecular weight excluding hydrogens is 588 g/mol. The number of hydrogen-bond acceptors (Lipinski definition) is 9.